The second kappa shape index (κ2) is 12.9. The summed E-state index contributed by atoms with van der Waals surface area (Å²) < 4.78 is 57.9. The molecule has 186 valence electrons. The first-order valence-electron chi connectivity index (χ1n) is 11.6. The van der Waals surface area contributed by atoms with Crippen LogP contribution in [0.25, 0.3) is 0 Å². The molecule has 0 radical (unpaired) electrons. The van der Waals surface area contributed by atoms with Gasteiger partial charge in [0.1, 0.15) is 18.3 Å². The molecule has 35 heavy (non-hydrogen) atoms. The van der Waals surface area contributed by atoms with Crippen molar-refractivity contribution in [3.63, 3.8) is 0 Å². The number of benzene rings is 3. The average molecular weight is 485 g/mol. The summed E-state index contributed by atoms with van der Waals surface area (Å²) >= 11 is 0. The molecule has 7 heteroatoms. The number of hydrogen-bond donors (Lipinski definition) is 0. The van der Waals surface area contributed by atoms with Crippen molar-refractivity contribution in [1.29, 1.82) is 0 Å². The molecule has 0 amide bonds. The molecule has 0 bridgehead atoms. The van der Waals surface area contributed by atoms with Crippen molar-refractivity contribution in [3.8, 4) is 0 Å². The quantitative estimate of drug-likeness (QED) is 0.366. The van der Waals surface area contributed by atoms with Crippen molar-refractivity contribution in [2.24, 2.45) is 0 Å². The second-order valence-corrected chi connectivity index (χ2v) is 8.32. The van der Waals surface area contributed by atoms with Gasteiger partial charge in [-0.1, -0.05) is 91.0 Å². The lowest BCUT2D eigenvalue weighted by molar-refractivity contribution is -0.332. The van der Waals surface area contributed by atoms with Gasteiger partial charge in [0.25, 0.3) is 6.43 Å². The van der Waals surface area contributed by atoms with Crippen LogP contribution in [0.4, 0.5) is 8.78 Å². The zero-order valence-electron chi connectivity index (χ0n) is 19.5. The number of ether oxygens (including phenoxy) is 5. The number of methoxy groups -OCH3 is 1. The zero-order valence-corrected chi connectivity index (χ0v) is 19.5. The van der Waals surface area contributed by atoms with Crippen molar-refractivity contribution in [2.45, 2.75) is 57.0 Å². The predicted molar refractivity (Wildman–Crippen MR) is 127 cm³/mol. The topological polar surface area (TPSA) is 46.2 Å². The van der Waals surface area contributed by atoms with Gasteiger partial charge in [0, 0.05) is 7.11 Å². The Morgan fingerprint density at radius 2 is 1.03 bits per heavy atom. The Balaban J connectivity index is 1.59. The summed E-state index contributed by atoms with van der Waals surface area (Å²) in [6.45, 7) is 0.575. The second-order valence-electron chi connectivity index (χ2n) is 8.32. The van der Waals surface area contributed by atoms with Gasteiger partial charge in [-0.3, -0.25) is 0 Å². The molecule has 3 aromatic rings. The molecule has 0 unspecified atom stereocenters. The van der Waals surface area contributed by atoms with Crippen LogP contribution in [0.15, 0.2) is 91.0 Å². The molecule has 5 nitrogen and oxygen atoms in total. The summed E-state index contributed by atoms with van der Waals surface area (Å²) in [6.07, 6.45) is -8.12. The molecule has 1 saturated heterocycles. The predicted octanol–water partition coefficient (Wildman–Crippen LogP) is 5.38. The first kappa shape index (κ1) is 25.4. The summed E-state index contributed by atoms with van der Waals surface area (Å²) in [6, 6.07) is 28.5. The van der Waals surface area contributed by atoms with Gasteiger partial charge in [0.15, 0.2) is 12.4 Å². The lowest BCUT2D eigenvalue weighted by atomic mass is 9.97. The minimum Gasteiger partial charge on any atom is -0.368 e. The SMILES string of the molecule is CO[C@H]1O[C@H](C(F)F)[C@@H](OCc2ccccc2)[C@H](OCc2ccccc2)[C@H]1OCc1ccccc1. The minimum absolute atomic E-state index is 0.131. The maximum Gasteiger partial charge on any atom is 0.267 e. The molecule has 0 N–H and O–H groups in total. The lowest BCUT2D eigenvalue weighted by Gasteiger charge is -2.45. The highest BCUT2D eigenvalue weighted by Gasteiger charge is 2.51. The first-order valence-corrected chi connectivity index (χ1v) is 11.6. The molecule has 0 saturated carbocycles. The molecular formula is C28H30F2O5. The smallest absolute Gasteiger partial charge is 0.267 e. The summed E-state index contributed by atoms with van der Waals surface area (Å²) in [4.78, 5) is 0. The van der Waals surface area contributed by atoms with Gasteiger partial charge in [-0.2, -0.15) is 0 Å². The van der Waals surface area contributed by atoms with Gasteiger partial charge in [-0.25, -0.2) is 8.78 Å². The standard InChI is InChI=1S/C28H30F2O5/c1-31-28-26(34-19-22-15-9-4-10-16-22)24(33-18-21-13-7-3-8-14-21)23(25(35-28)27(29)30)32-17-20-11-5-2-6-12-20/h2-16,23-28H,17-19H2,1H3/t23-,24-,25-,26+,28-/m0/s1. The fourth-order valence-corrected chi connectivity index (χ4v) is 4.08. The van der Waals surface area contributed by atoms with Crippen LogP contribution in [0.3, 0.4) is 0 Å². The highest BCUT2D eigenvalue weighted by atomic mass is 19.3. The number of hydrogen-bond acceptors (Lipinski definition) is 5. The summed E-state index contributed by atoms with van der Waals surface area (Å²) in [7, 11) is 1.41. The van der Waals surface area contributed by atoms with Gasteiger partial charge >= 0.3 is 0 Å². The Kier molecular flexibility index (Phi) is 9.34. The van der Waals surface area contributed by atoms with E-state index < -0.39 is 37.1 Å². The van der Waals surface area contributed by atoms with Crippen molar-refractivity contribution in [1.82, 2.24) is 0 Å². The molecule has 3 aromatic carbocycles. The highest BCUT2D eigenvalue weighted by molar-refractivity contribution is 5.15. The van der Waals surface area contributed by atoms with E-state index >= 15 is 0 Å². The Hall–Kier alpha value is -2.68. The molecule has 5 atom stereocenters. The maximum absolute atomic E-state index is 14.2. The molecule has 1 fully saturated rings. The molecule has 4 rings (SSSR count). The van der Waals surface area contributed by atoms with Crippen LogP contribution >= 0.6 is 0 Å². The number of halogens is 2. The molecule has 1 aliphatic heterocycles. The summed E-state index contributed by atoms with van der Waals surface area (Å²) in [5, 5.41) is 0. The lowest BCUT2D eigenvalue weighted by Crippen LogP contribution is -2.62. The van der Waals surface area contributed by atoms with E-state index in [1.165, 1.54) is 7.11 Å². The van der Waals surface area contributed by atoms with E-state index in [2.05, 4.69) is 0 Å². The molecule has 0 spiro atoms. The Morgan fingerprint density at radius 1 is 0.629 bits per heavy atom. The van der Waals surface area contributed by atoms with Crippen LogP contribution in [-0.2, 0) is 43.5 Å². The fraction of sp³-hybridized carbons (Fsp3) is 0.357. The van der Waals surface area contributed by atoms with Crippen molar-refractivity contribution in [3.05, 3.63) is 108 Å². The normalized spacial score (nSPS) is 24.5. The van der Waals surface area contributed by atoms with Gasteiger partial charge in [0.2, 0.25) is 0 Å². The largest absolute Gasteiger partial charge is 0.368 e. The van der Waals surface area contributed by atoms with Gasteiger partial charge < -0.3 is 23.7 Å². The third kappa shape index (κ3) is 6.93. The number of rotatable bonds is 11. The van der Waals surface area contributed by atoms with Crippen molar-refractivity contribution in [2.75, 3.05) is 7.11 Å². The van der Waals surface area contributed by atoms with Crippen LogP contribution in [0, 0.1) is 0 Å². The molecule has 0 aliphatic carbocycles. The van der Waals surface area contributed by atoms with Crippen LogP contribution in [0.5, 0.6) is 0 Å². The van der Waals surface area contributed by atoms with E-state index in [0.29, 0.717) is 0 Å². The van der Waals surface area contributed by atoms with Gasteiger partial charge in [0.05, 0.1) is 19.8 Å². The van der Waals surface area contributed by atoms with Crippen LogP contribution in [0.1, 0.15) is 16.7 Å². The monoisotopic (exact) mass is 484 g/mol. The summed E-state index contributed by atoms with van der Waals surface area (Å²) in [5.74, 6) is 0. The third-order valence-electron chi connectivity index (χ3n) is 5.87. The zero-order chi connectivity index (χ0) is 24.5. The maximum atomic E-state index is 14.2. The van der Waals surface area contributed by atoms with Crippen LogP contribution < -0.4 is 0 Å². The molecule has 1 aliphatic rings. The average Bonchev–Trinajstić information content (AvgIpc) is 2.91. The van der Waals surface area contributed by atoms with Gasteiger partial charge in [-0.15, -0.1) is 0 Å². The van der Waals surface area contributed by atoms with Crippen LogP contribution in [0.2, 0.25) is 0 Å². The third-order valence-corrected chi connectivity index (χ3v) is 5.87. The van der Waals surface area contributed by atoms with Crippen molar-refractivity contribution < 1.29 is 32.5 Å². The fourth-order valence-electron chi connectivity index (χ4n) is 4.08. The Labute approximate surface area is 204 Å². The van der Waals surface area contributed by atoms with E-state index in [-0.39, 0.29) is 19.8 Å². The Morgan fingerprint density at radius 3 is 1.43 bits per heavy atom. The van der Waals surface area contributed by atoms with E-state index in [1.54, 1.807) is 0 Å². The highest BCUT2D eigenvalue weighted by Crippen LogP contribution is 2.33. The summed E-state index contributed by atoms with van der Waals surface area (Å²) in [5.41, 5.74) is 2.70. The molecular weight excluding hydrogens is 454 g/mol. The first-order chi connectivity index (χ1) is 17.2. The number of alkyl halides is 2. The Bertz CT molecular complexity index is 990. The molecule has 0 aromatic heterocycles. The molecule has 1 heterocycles. The van der Waals surface area contributed by atoms with E-state index in [1.807, 2.05) is 91.0 Å². The van der Waals surface area contributed by atoms with Crippen LogP contribution in [-0.4, -0.2) is 44.2 Å². The van der Waals surface area contributed by atoms with E-state index in [0.717, 1.165) is 16.7 Å². The minimum atomic E-state index is -2.80. The van der Waals surface area contributed by atoms with Crippen molar-refractivity contribution >= 4 is 0 Å². The van der Waals surface area contributed by atoms with Gasteiger partial charge in [-0.05, 0) is 16.7 Å². The van der Waals surface area contributed by atoms with E-state index in [4.69, 9.17) is 23.7 Å². The van der Waals surface area contributed by atoms with E-state index in [9.17, 15) is 8.78 Å².